The number of aromatic nitrogens is 2. The Kier molecular flexibility index (Phi) is 5.20. The van der Waals surface area contributed by atoms with Crippen molar-refractivity contribution < 1.29 is 35.3 Å². The summed E-state index contributed by atoms with van der Waals surface area (Å²) in [4.78, 5) is 13.8. The van der Waals surface area contributed by atoms with Crippen LogP contribution in [0.15, 0.2) is 28.8 Å². The number of non-ortho nitro benzene ring substituents is 1. The summed E-state index contributed by atoms with van der Waals surface area (Å²) in [6, 6.07) is 2.99. The van der Waals surface area contributed by atoms with Crippen LogP contribution in [0.3, 0.4) is 0 Å². The first-order valence-electron chi connectivity index (χ1n) is 8.47. The van der Waals surface area contributed by atoms with E-state index < -0.39 is 48.9 Å². The molecular formula is C16H14F5N5O4S. The molecule has 0 fully saturated rings. The van der Waals surface area contributed by atoms with Gasteiger partial charge in [-0.25, -0.2) is 13.4 Å². The van der Waals surface area contributed by atoms with Crippen molar-refractivity contribution in [3.05, 3.63) is 39.7 Å². The monoisotopic (exact) mass is 467 g/mol. The molecule has 31 heavy (non-hydrogen) atoms. The predicted molar refractivity (Wildman–Crippen MR) is 98.8 cm³/mol. The van der Waals surface area contributed by atoms with Gasteiger partial charge in [0.15, 0.2) is 15.7 Å². The highest BCUT2D eigenvalue weighted by Crippen LogP contribution is 2.42. The number of allylic oxidation sites excluding steroid dienone is 1. The highest BCUT2D eigenvalue weighted by atomic mass is 32.2. The van der Waals surface area contributed by atoms with Crippen molar-refractivity contribution in [2.45, 2.75) is 23.9 Å². The van der Waals surface area contributed by atoms with Gasteiger partial charge in [-0.1, -0.05) is 6.92 Å². The third-order valence-corrected chi connectivity index (χ3v) is 6.31. The molecule has 0 saturated carbocycles. The quantitative estimate of drug-likeness (QED) is 0.394. The predicted octanol–water partition coefficient (Wildman–Crippen LogP) is 3.26. The Morgan fingerprint density at radius 1 is 1.19 bits per heavy atom. The number of anilines is 1. The van der Waals surface area contributed by atoms with Crippen LogP contribution in [0.2, 0.25) is 0 Å². The molecule has 1 aromatic heterocycles. The Morgan fingerprint density at radius 2 is 1.84 bits per heavy atom. The molecule has 9 nitrogen and oxygen atoms in total. The normalized spacial score (nSPS) is 14.4. The number of rotatable bonds is 5. The summed E-state index contributed by atoms with van der Waals surface area (Å²) in [6.07, 6.45) is -5.37. The molecule has 0 atom stereocenters. The Balaban J connectivity index is 2.20. The molecule has 1 aliphatic rings. The van der Waals surface area contributed by atoms with Gasteiger partial charge in [0, 0.05) is 24.7 Å². The lowest BCUT2D eigenvalue weighted by Crippen LogP contribution is -2.45. The zero-order chi connectivity index (χ0) is 23.4. The zero-order valence-electron chi connectivity index (χ0n) is 15.8. The fourth-order valence-corrected chi connectivity index (χ4v) is 3.96. The summed E-state index contributed by atoms with van der Waals surface area (Å²) >= 11 is 0. The molecule has 0 radical (unpaired) electrons. The third-order valence-electron chi connectivity index (χ3n) is 4.55. The van der Waals surface area contributed by atoms with E-state index in [9.17, 15) is 40.5 Å². The number of fused-ring (bicyclic) bond motifs is 1. The van der Waals surface area contributed by atoms with Crippen LogP contribution in [0.25, 0.3) is 17.5 Å². The van der Waals surface area contributed by atoms with E-state index in [0.717, 1.165) is 18.2 Å². The second kappa shape index (κ2) is 7.18. The lowest BCUT2D eigenvalue weighted by molar-refractivity contribution is -0.385. The van der Waals surface area contributed by atoms with Crippen molar-refractivity contribution in [3.63, 3.8) is 0 Å². The number of nitrogens with zero attached hydrogens (tertiary/aromatic N) is 3. The van der Waals surface area contributed by atoms with Gasteiger partial charge in [-0.05, 0) is 12.1 Å². The molecule has 3 rings (SSSR count). The number of nitrogens with one attached hydrogen (secondary N) is 2. The molecule has 0 amide bonds. The fraction of sp³-hybridized carbons (Fsp3) is 0.312. The summed E-state index contributed by atoms with van der Waals surface area (Å²) in [5.41, 5.74) is 1.59. The van der Waals surface area contributed by atoms with Crippen molar-refractivity contribution in [2.75, 3.05) is 11.2 Å². The van der Waals surface area contributed by atoms with E-state index in [1.807, 2.05) is 0 Å². The van der Waals surface area contributed by atoms with Crippen LogP contribution in [0.4, 0.5) is 33.5 Å². The summed E-state index contributed by atoms with van der Waals surface area (Å²) in [7, 11) is -2.62. The summed E-state index contributed by atoms with van der Waals surface area (Å²) in [5.74, 6) is -5.73. The summed E-state index contributed by atoms with van der Waals surface area (Å²) < 4.78 is 91.5. The Morgan fingerprint density at radius 3 is 2.39 bits per heavy atom. The number of hydrogen-bond acceptors (Lipinski definition) is 7. The number of nitro groups is 1. The SMILES string of the molecule is CCS(=O)(=O)c1cc([N+](=O)[O-])ccc1-c1nc2c(n1C)NNC(C(F)(F)C(F)(F)F)=C2. The molecule has 1 aromatic carbocycles. The maximum absolute atomic E-state index is 13.7. The van der Waals surface area contributed by atoms with Gasteiger partial charge in [0.2, 0.25) is 0 Å². The Hall–Kier alpha value is -3.23. The summed E-state index contributed by atoms with van der Waals surface area (Å²) in [5, 5.41) is 11.1. The number of alkyl halides is 5. The van der Waals surface area contributed by atoms with Crippen LogP contribution in [0.1, 0.15) is 12.6 Å². The van der Waals surface area contributed by atoms with Gasteiger partial charge in [0.05, 0.1) is 15.6 Å². The molecule has 168 valence electrons. The second-order valence-corrected chi connectivity index (χ2v) is 8.70. The first kappa shape index (κ1) is 22.5. The average Bonchev–Trinajstić information content (AvgIpc) is 3.02. The average molecular weight is 467 g/mol. The smallest absolute Gasteiger partial charge is 0.312 e. The van der Waals surface area contributed by atoms with Crippen LogP contribution in [0, 0.1) is 10.1 Å². The molecule has 0 aliphatic carbocycles. The van der Waals surface area contributed by atoms with Crippen molar-refractivity contribution in [3.8, 4) is 11.4 Å². The topological polar surface area (TPSA) is 119 Å². The van der Waals surface area contributed by atoms with Crippen LogP contribution >= 0.6 is 0 Å². The van der Waals surface area contributed by atoms with Gasteiger partial charge < -0.3 is 4.57 Å². The van der Waals surface area contributed by atoms with Crippen LogP contribution in [-0.2, 0) is 16.9 Å². The summed E-state index contributed by atoms with van der Waals surface area (Å²) in [6.45, 7) is 1.32. The van der Waals surface area contributed by atoms with E-state index in [1.165, 1.54) is 18.5 Å². The number of hydrogen-bond donors (Lipinski definition) is 2. The second-order valence-electron chi connectivity index (χ2n) is 6.45. The maximum atomic E-state index is 13.7. The molecule has 2 aromatic rings. The lowest BCUT2D eigenvalue weighted by atomic mass is 10.2. The van der Waals surface area contributed by atoms with Crippen molar-refractivity contribution in [1.82, 2.24) is 15.0 Å². The Labute approximate surface area is 171 Å². The van der Waals surface area contributed by atoms with Gasteiger partial charge in [-0.15, -0.1) is 0 Å². The molecule has 0 bridgehead atoms. The molecule has 15 heteroatoms. The molecule has 2 heterocycles. The largest absolute Gasteiger partial charge is 0.459 e. The molecule has 1 aliphatic heterocycles. The molecular weight excluding hydrogens is 453 g/mol. The minimum Gasteiger partial charge on any atom is -0.312 e. The van der Waals surface area contributed by atoms with Gasteiger partial charge in [0.1, 0.15) is 17.2 Å². The van der Waals surface area contributed by atoms with E-state index in [0.29, 0.717) is 6.08 Å². The first-order chi connectivity index (χ1) is 14.2. The maximum Gasteiger partial charge on any atom is 0.459 e. The number of hydrazine groups is 1. The number of halogens is 5. The van der Waals surface area contributed by atoms with E-state index in [4.69, 9.17) is 0 Å². The van der Waals surface area contributed by atoms with Gasteiger partial charge in [-0.3, -0.25) is 21.0 Å². The molecule has 0 saturated heterocycles. The minimum absolute atomic E-state index is 0.0186. The third kappa shape index (κ3) is 3.68. The first-order valence-corrected chi connectivity index (χ1v) is 10.1. The van der Waals surface area contributed by atoms with Crippen LogP contribution < -0.4 is 10.9 Å². The highest BCUT2D eigenvalue weighted by molar-refractivity contribution is 7.91. The molecule has 2 N–H and O–H groups in total. The lowest BCUT2D eigenvalue weighted by Gasteiger charge is -2.26. The van der Waals surface area contributed by atoms with E-state index >= 15 is 0 Å². The van der Waals surface area contributed by atoms with Crippen LogP contribution in [0.5, 0.6) is 0 Å². The van der Waals surface area contributed by atoms with Crippen molar-refractivity contribution in [1.29, 1.82) is 0 Å². The zero-order valence-corrected chi connectivity index (χ0v) is 16.6. The highest BCUT2D eigenvalue weighted by Gasteiger charge is 2.61. The number of benzene rings is 1. The number of imidazole rings is 1. The Bertz CT molecular complexity index is 1200. The standard InChI is InChI=1S/C16H14F5N5O4S/c1-3-31(29,30)11-6-8(26(27)28)4-5-9(11)13-22-10-7-12(15(17,18)16(19,20)21)23-24-14(10)25(13)2/h4-7,23-24H,3H2,1-2H3. The van der Waals surface area contributed by atoms with E-state index in [1.54, 1.807) is 5.43 Å². The van der Waals surface area contributed by atoms with E-state index in [2.05, 4.69) is 10.4 Å². The van der Waals surface area contributed by atoms with E-state index in [-0.39, 0.29) is 22.9 Å². The van der Waals surface area contributed by atoms with Crippen molar-refractivity contribution >= 4 is 27.4 Å². The molecule has 0 unspecified atom stereocenters. The molecule has 0 spiro atoms. The van der Waals surface area contributed by atoms with Gasteiger partial charge in [0.25, 0.3) is 5.69 Å². The number of nitro benzene ring substituents is 1. The van der Waals surface area contributed by atoms with Gasteiger partial charge >= 0.3 is 12.1 Å². The fourth-order valence-electron chi connectivity index (χ4n) is 2.85. The van der Waals surface area contributed by atoms with Gasteiger partial charge in [-0.2, -0.15) is 22.0 Å². The van der Waals surface area contributed by atoms with Crippen LogP contribution in [-0.4, -0.2) is 40.7 Å². The number of sulfone groups is 1. The van der Waals surface area contributed by atoms with Crippen molar-refractivity contribution in [2.24, 2.45) is 7.05 Å². The minimum atomic E-state index is -5.86.